The minimum absolute atomic E-state index is 0.696. The van der Waals surface area contributed by atoms with Crippen molar-refractivity contribution in [2.75, 3.05) is 0 Å². The van der Waals surface area contributed by atoms with Crippen LogP contribution >= 0.6 is 0 Å². The number of benzene rings is 1. The summed E-state index contributed by atoms with van der Waals surface area (Å²) in [5, 5.41) is 0. The molecule has 1 aromatic rings. The first-order chi connectivity index (χ1) is 8.21. The summed E-state index contributed by atoms with van der Waals surface area (Å²) in [6.45, 7) is 14.9. The summed E-state index contributed by atoms with van der Waals surface area (Å²) in [7, 11) is -2.34. The molecule has 1 aromatic carbocycles. The Kier molecular flexibility index (Phi) is 3.45. The second-order valence-corrected chi connectivity index (χ2v) is 18.4. The lowest BCUT2D eigenvalue weighted by Crippen LogP contribution is -2.37. The van der Waals surface area contributed by atoms with Crippen LogP contribution in [0.25, 0.3) is 0 Å². The molecule has 0 nitrogen and oxygen atoms in total. The van der Waals surface area contributed by atoms with E-state index < -0.39 is 16.1 Å². The predicted molar refractivity (Wildman–Crippen MR) is 87.8 cm³/mol. The minimum atomic E-state index is -1.17. The van der Waals surface area contributed by atoms with E-state index in [9.17, 15) is 0 Å². The highest BCUT2D eigenvalue weighted by atomic mass is 28.3. The average molecular weight is 275 g/mol. The average Bonchev–Trinajstić information content (AvgIpc) is 2.24. The molecule has 0 aromatic heterocycles. The van der Waals surface area contributed by atoms with Gasteiger partial charge >= 0.3 is 0 Å². The molecule has 0 radical (unpaired) electrons. The molecule has 0 saturated carbocycles. The molecule has 1 aliphatic carbocycles. The quantitative estimate of drug-likeness (QED) is 0.515. The van der Waals surface area contributed by atoms with E-state index in [1.807, 2.05) is 0 Å². The van der Waals surface area contributed by atoms with Crippen molar-refractivity contribution in [2.24, 2.45) is 0 Å². The molecule has 0 aliphatic heterocycles. The van der Waals surface area contributed by atoms with Crippen LogP contribution in [0.15, 0.2) is 36.4 Å². The molecule has 2 unspecified atom stereocenters. The molecule has 2 rings (SSSR count). The molecule has 0 saturated heterocycles. The monoisotopic (exact) mass is 274 g/mol. The van der Waals surface area contributed by atoms with E-state index in [0.717, 1.165) is 0 Å². The van der Waals surface area contributed by atoms with E-state index in [4.69, 9.17) is 0 Å². The number of rotatable bonds is 2. The Balaban J connectivity index is 2.53. The van der Waals surface area contributed by atoms with E-state index in [-0.39, 0.29) is 0 Å². The van der Waals surface area contributed by atoms with Gasteiger partial charge < -0.3 is 0 Å². The van der Waals surface area contributed by atoms with Gasteiger partial charge in [0.25, 0.3) is 0 Å². The summed E-state index contributed by atoms with van der Waals surface area (Å²) in [6.07, 6.45) is 5.05. The highest BCUT2D eigenvalue weighted by Crippen LogP contribution is 2.41. The van der Waals surface area contributed by atoms with Gasteiger partial charge in [-0.25, -0.2) is 0 Å². The van der Waals surface area contributed by atoms with Crippen molar-refractivity contribution >= 4 is 16.1 Å². The van der Waals surface area contributed by atoms with Gasteiger partial charge in [-0.1, -0.05) is 75.7 Å². The van der Waals surface area contributed by atoms with Crippen LogP contribution < -0.4 is 0 Å². The standard InChI is InChI=1S/C16H26Si2/c1-17(2,3)15-11-12-16(18(4,5)6)14-10-8-7-9-13(14)15/h7-12,15-16H,1-6H3. The second kappa shape index (κ2) is 4.50. The van der Waals surface area contributed by atoms with E-state index in [1.54, 1.807) is 11.1 Å². The molecule has 98 valence electrons. The van der Waals surface area contributed by atoms with Gasteiger partial charge in [-0.15, -0.1) is 0 Å². The van der Waals surface area contributed by atoms with Crippen molar-refractivity contribution in [3.63, 3.8) is 0 Å². The molecular weight excluding hydrogens is 248 g/mol. The molecule has 18 heavy (non-hydrogen) atoms. The molecule has 2 atom stereocenters. The lowest BCUT2D eigenvalue weighted by Gasteiger charge is -2.37. The van der Waals surface area contributed by atoms with Crippen molar-refractivity contribution in [2.45, 2.75) is 50.4 Å². The van der Waals surface area contributed by atoms with Crippen molar-refractivity contribution in [1.82, 2.24) is 0 Å². The summed E-state index contributed by atoms with van der Waals surface area (Å²) in [5.41, 5.74) is 4.63. The summed E-state index contributed by atoms with van der Waals surface area (Å²) < 4.78 is 0. The van der Waals surface area contributed by atoms with Crippen LogP contribution in [0.5, 0.6) is 0 Å². The third-order valence-electron chi connectivity index (χ3n) is 4.03. The van der Waals surface area contributed by atoms with E-state index in [2.05, 4.69) is 75.7 Å². The Bertz CT molecular complexity index is 418. The first kappa shape index (κ1) is 13.8. The largest absolute Gasteiger partial charge is 0.0834 e. The van der Waals surface area contributed by atoms with Crippen molar-refractivity contribution in [1.29, 1.82) is 0 Å². The second-order valence-electron chi connectivity index (χ2n) is 7.70. The SMILES string of the molecule is C[Si](C)(C)C1C=CC([Si](C)(C)C)c2ccccc21. The molecule has 0 amide bonds. The first-order valence-electron chi connectivity index (χ1n) is 6.98. The van der Waals surface area contributed by atoms with Crippen LogP contribution in [0.3, 0.4) is 0 Å². The van der Waals surface area contributed by atoms with Crippen molar-refractivity contribution in [3.8, 4) is 0 Å². The molecule has 0 fully saturated rings. The van der Waals surface area contributed by atoms with Gasteiger partial charge in [-0.05, 0) is 22.2 Å². The van der Waals surface area contributed by atoms with Gasteiger partial charge in [-0.3, -0.25) is 0 Å². The number of hydrogen-bond acceptors (Lipinski definition) is 0. The van der Waals surface area contributed by atoms with Gasteiger partial charge in [-0.2, -0.15) is 0 Å². The summed E-state index contributed by atoms with van der Waals surface area (Å²) in [6, 6.07) is 9.17. The molecule has 0 heterocycles. The summed E-state index contributed by atoms with van der Waals surface area (Å²) >= 11 is 0. The molecule has 0 spiro atoms. The Morgan fingerprint density at radius 2 is 1.00 bits per heavy atom. The number of hydrogen-bond donors (Lipinski definition) is 0. The Labute approximate surface area is 114 Å². The van der Waals surface area contributed by atoms with Crippen LogP contribution in [0, 0.1) is 0 Å². The normalized spacial score (nSPS) is 23.9. The van der Waals surface area contributed by atoms with Gasteiger partial charge in [0, 0.05) is 0 Å². The van der Waals surface area contributed by atoms with Crippen molar-refractivity contribution < 1.29 is 0 Å². The Hall–Kier alpha value is -0.606. The molecule has 0 bridgehead atoms. The smallest absolute Gasteiger partial charge is 0.0565 e. The fourth-order valence-electron chi connectivity index (χ4n) is 3.02. The number of allylic oxidation sites excluding steroid dienone is 2. The van der Waals surface area contributed by atoms with Crippen LogP contribution in [0.2, 0.25) is 39.3 Å². The maximum atomic E-state index is 2.53. The van der Waals surface area contributed by atoms with Crippen LogP contribution in [0.1, 0.15) is 22.2 Å². The van der Waals surface area contributed by atoms with E-state index in [0.29, 0.717) is 11.1 Å². The van der Waals surface area contributed by atoms with Gasteiger partial charge in [0.2, 0.25) is 0 Å². The van der Waals surface area contributed by atoms with Gasteiger partial charge in [0.1, 0.15) is 0 Å². The maximum absolute atomic E-state index is 2.53. The molecular formula is C16H26Si2. The minimum Gasteiger partial charge on any atom is -0.0834 e. The van der Waals surface area contributed by atoms with Gasteiger partial charge in [0.15, 0.2) is 0 Å². The molecule has 2 heteroatoms. The summed E-state index contributed by atoms with van der Waals surface area (Å²) in [5.74, 6) is 0. The fourth-order valence-corrected chi connectivity index (χ4v) is 6.79. The van der Waals surface area contributed by atoms with Crippen LogP contribution in [-0.4, -0.2) is 16.1 Å². The lowest BCUT2D eigenvalue weighted by atomic mass is 9.96. The zero-order valence-corrected chi connectivity index (χ0v) is 14.6. The van der Waals surface area contributed by atoms with E-state index >= 15 is 0 Å². The van der Waals surface area contributed by atoms with Crippen LogP contribution in [0.4, 0.5) is 0 Å². The van der Waals surface area contributed by atoms with Crippen molar-refractivity contribution in [3.05, 3.63) is 47.5 Å². The van der Waals surface area contributed by atoms with Gasteiger partial charge in [0.05, 0.1) is 16.1 Å². The highest BCUT2D eigenvalue weighted by Gasteiger charge is 2.36. The molecule has 1 aliphatic rings. The fraction of sp³-hybridized carbons (Fsp3) is 0.500. The zero-order valence-electron chi connectivity index (χ0n) is 12.6. The van der Waals surface area contributed by atoms with Crippen LogP contribution in [-0.2, 0) is 0 Å². The Morgan fingerprint density at radius 1 is 0.667 bits per heavy atom. The molecule has 0 N–H and O–H groups in total. The zero-order chi connectivity index (χ0) is 13.6. The predicted octanol–water partition coefficient (Wildman–Crippen LogP) is 5.18. The third-order valence-corrected chi connectivity index (χ3v) is 8.77. The Morgan fingerprint density at radius 3 is 1.28 bits per heavy atom. The lowest BCUT2D eigenvalue weighted by molar-refractivity contribution is 0.978. The maximum Gasteiger partial charge on any atom is 0.0565 e. The third kappa shape index (κ3) is 2.55. The number of fused-ring (bicyclic) bond motifs is 1. The highest BCUT2D eigenvalue weighted by molar-refractivity contribution is 6.79. The topological polar surface area (TPSA) is 0 Å². The van der Waals surface area contributed by atoms with E-state index in [1.165, 1.54) is 0 Å². The first-order valence-corrected chi connectivity index (χ1v) is 14.1. The summed E-state index contributed by atoms with van der Waals surface area (Å²) in [4.78, 5) is 0.